The van der Waals surface area contributed by atoms with Crippen molar-refractivity contribution >= 4 is 17.3 Å². The van der Waals surface area contributed by atoms with E-state index in [2.05, 4.69) is 4.98 Å². The molecule has 0 aliphatic rings. The molecular formula is C21H21NO5S. The second-order valence-corrected chi connectivity index (χ2v) is 7.00. The molecule has 0 bridgehead atoms. The number of aryl methyl sites for hydroxylation is 1. The molecule has 6 nitrogen and oxygen atoms in total. The number of thiazole rings is 1. The third kappa shape index (κ3) is 5.01. The van der Waals surface area contributed by atoms with Crippen LogP contribution in [0.4, 0.5) is 0 Å². The van der Waals surface area contributed by atoms with E-state index in [1.807, 2.05) is 36.6 Å². The summed E-state index contributed by atoms with van der Waals surface area (Å²) < 4.78 is 21.7. The lowest BCUT2D eigenvalue weighted by atomic mass is 10.2. The summed E-state index contributed by atoms with van der Waals surface area (Å²) in [6.07, 6.45) is 0. The number of methoxy groups -OCH3 is 2. The third-order valence-electron chi connectivity index (χ3n) is 3.95. The lowest BCUT2D eigenvalue weighted by molar-refractivity contribution is 0.0472. The summed E-state index contributed by atoms with van der Waals surface area (Å²) in [6.45, 7) is 2.43. The molecule has 3 aromatic rings. The molecule has 0 fully saturated rings. The zero-order valence-electron chi connectivity index (χ0n) is 15.9. The summed E-state index contributed by atoms with van der Waals surface area (Å²) in [7, 11) is 3.12. The van der Waals surface area contributed by atoms with Crippen molar-refractivity contribution < 1.29 is 23.7 Å². The Labute approximate surface area is 167 Å². The maximum atomic E-state index is 12.4. The topological polar surface area (TPSA) is 66.9 Å². The fourth-order valence-electron chi connectivity index (χ4n) is 2.53. The molecule has 0 N–H and O–H groups in total. The van der Waals surface area contributed by atoms with Gasteiger partial charge in [-0.2, -0.15) is 0 Å². The van der Waals surface area contributed by atoms with Crippen LogP contribution in [0.5, 0.6) is 17.2 Å². The number of aromatic nitrogens is 1. The number of hydrogen-bond donors (Lipinski definition) is 0. The Hall–Kier alpha value is -3.06. The number of nitrogens with zero attached hydrogens (tertiary/aromatic N) is 1. The summed E-state index contributed by atoms with van der Waals surface area (Å²) >= 11 is 1.57. The number of ether oxygens (including phenoxy) is 4. The molecule has 146 valence electrons. The van der Waals surface area contributed by atoms with E-state index in [0.717, 1.165) is 16.3 Å². The number of benzene rings is 2. The molecule has 0 spiro atoms. The molecule has 28 heavy (non-hydrogen) atoms. The third-order valence-corrected chi connectivity index (χ3v) is 4.77. The average Bonchev–Trinajstić information content (AvgIpc) is 3.15. The summed E-state index contributed by atoms with van der Waals surface area (Å²) in [4.78, 5) is 16.7. The zero-order valence-corrected chi connectivity index (χ0v) is 16.7. The van der Waals surface area contributed by atoms with Gasteiger partial charge in [-0.3, -0.25) is 0 Å². The maximum absolute atomic E-state index is 12.4. The molecule has 3 rings (SSSR count). The van der Waals surface area contributed by atoms with Gasteiger partial charge in [0.25, 0.3) is 0 Å². The van der Waals surface area contributed by atoms with Crippen molar-refractivity contribution in [2.75, 3.05) is 14.2 Å². The van der Waals surface area contributed by atoms with Crippen LogP contribution < -0.4 is 14.2 Å². The predicted molar refractivity (Wildman–Crippen MR) is 106 cm³/mol. The van der Waals surface area contributed by atoms with Gasteiger partial charge in [0.1, 0.15) is 19.0 Å². The van der Waals surface area contributed by atoms with Gasteiger partial charge in [-0.1, -0.05) is 12.1 Å². The number of carbonyl (C=O) groups excluding carboxylic acids is 1. The number of carbonyl (C=O) groups is 1. The van der Waals surface area contributed by atoms with Gasteiger partial charge in [0.15, 0.2) is 11.5 Å². The summed E-state index contributed by atoms with van der Waals surface area (Å²) in [5.41, 5.74) is 2.08. The smallest absolute Gasteiger partial charge is 0.338 e. The molecule has 1 heterocycles. The van der Waals surface area contributed by atoms with Gasteiger partial charge in [-0.15, -0.1) is 11.3 Å². The monoisotopic (exact) mass is 399 g/mol. The van der Waals surface area contributed by atoms with Crippen LogP contribution in [0.15, 0.2) is 47.8 Å². The number of hydrogen-bond acceptors (Lipinski definition) is 7. The average molecular weight is 399 g/mol. The van der Waals surface area contributed by atoms with Crippen molar-refractivity contribution in [1.82, 2.24) is 4.98 Å². The Bertz CT molecular complexity index is 953. The molecule has 0 aliphatic heterocycles. The SMILES string of the molecule is COc1cccc(COC(=O)c2ccc(OCc3csc(C)n3)c(OC)c2)c1. The van der Waals surface area contributed by atoms with Crippen LogP contribution in [0.2, 0.25) is 0 Å². The Kier molecular flexibility index (Phi) is 6.49. The fraction of sp³-hybridized carbons (Fsp3) is 0.238. The van der Waals surface area contributed by atoms with E-state index in [1.165, 1.54) is 7.11 Å². The van der Waals surface area contributed by atoms with Gasteiger partial charge >= 0.3 is 5.97 Å². The first-order valence-electron chi connectivity index (χ1n) is 8.61. The maximum Gasteiger partial charge on any atom is 0.338 e. The first-order valence-corrected chi connectivity index (χ1v) is 9.49. The van der Waals surface area contributed by atoms with Crippen LogP contribution in [-0.4, -0.2) is 25.2 Å². The van der Waals surface area contributed by atoms with Gasteiger partial charge in [-0.25, -0.2) is 9.78 Å². The quantitative estimate of drug-likeness (QED) is 0.523. The molecule has 0 atom stereocenters. The van der Waals surface area contributed by atoms with Crippen LogP contribution >= 0.6 is 11.3 Å². The van der Waals surface area contributed by atoms with Gasteiger partial charge in [0.05, 0.1) is 30.5 Å². The summed E-state index contributed by atoms with van der Waals surface area (Å²) in [5, 5.41) is 2.94. The highest BCUT2D eigenvalue weighted by Crippen LogP contribution is 2.29. The fourth-order valence-corrected chi connectivity index (χ4v) is 3.13. The molecule has 0 radical (unpaired) electrons. The highest BCUT2D eigenvalue weighted by Gasteiger charge is 2.13. The molecule has 0 unspecified atom stereocenters. The van der Waals surface area contributed by atoms with Crippen molar-refractivity contribution in [3.63, 3.8) is 0 Å². The van der Waals surface area contributed by atoms with Crippen molar-refractivity contribution in [3.8, 4) is 17.2 Å². The van der Waals surface area contributed by atoms with Gasteiger partial charge in [-0.05, 0) is 42.8 Å². The number of esters is 1. The Morgan fingerprint density at radius 2 is 1.89 bits per heavy atom. The first kappa shape index (κ1) is 19.7. The van der Waals surface area contributed by atoms with Gasteiger partial charge < -0.3 is 18.9 Å². The largest absolute Gasteiger partial charge is 0.497 e. The second-order valence-electron chi connectivity index (χ2n) is 5.94. The Morgan fingerprint density at radius 3 is 2.61 bits per heavy atom. The second kappa shape index (κ2) is 9.23. The van der Waals surface area contributed by atoms with E-state index in [4.69, 9.17) is 18.9 Å². The lowest BCUT2D eigenvalue weighted by Crippen LogP contribution is -2.06. The molecule has 0 amide bonds. The van der Waals surface area contributed by atoms with Crippen LogP contribution in [0.25, 0.3) is 0 Å². The van der Waals surface area contributed by atoms with E-state index in [9.17, 15) is 4.79 Å². The zero-order chi connectivity index (χ0) is 19.9. The molecule has 0 saturated heterocycles. The molecular weight excluding hydrogens is 378 g/mol. The van der Waals surface area contributed by atoms with Gasteiger partial charge in [0, 0.05) is 5.38 Å². The highest BCUT2D eigenvalue weighted by atomic mass is 32.1. The molecule has 7 heteroatoms. The van der Waals surface area contributed by atoms with E-state index < -0.39 is 5.97 Å². The van der Waals surface area contributed by atoms with Crippen LogP contribution in [-0.2, 0) is 18.0 Å². The predicted octanol–water partition coefficient (Wildman–Crippen LogP) is 4.40. The molecule has 0 aliphatic carbocycles. The minimum Gasteiger partial charge on any atom is -0.497 e. The standard InChI is InChI=1S/C21H21NO5S/c1-14-22-17(13-28-14)12-26-19-8-7-16(10-20(19)25-3)21(23)27-11-15-5-4-6-18(9-15)24-2/h4-10,13H,11-12H2,1-3H3. The van der Waals surface area contributed by atoms with Crippen LogP contribution in [0.3, 0.4) is 0 Å². The van der Waals surface area contributed by atoms with Crippen molar-refractivity contribution in [2.24, 2.45) is 0 Å². The van der Waals surface area contributed by atoms with Crippen LogP contribution in [0, 0.1) is 6.92 Å². The summed E-state index contributed by atoms with van der Waals surface area (Å²) in [5.74, 6) is 1.27. The number of rotatable bonds is 8. The van der Waals surface area contributed by atoms with Gasteiger partial charge in [0.2, 0.25) is 0 Å². The molecule has 1 aromatic heterocycles. The van der Waals surface area contributed by atoms with E-state index in [1.54, 1.807) is 36.6 Å². The Morgan fingerprint density at radius 1 is 1.04 bits per heavy atom. The first-order chi connectivity index (χ1) is 13.6. The van der Waals surface area contributed by atoms with Crippen LogP contribution in [0.1, 0.15) is 26.6 Å². The van der Waals surface area contributed by atoms with Crippen molar-refractivity contribution in [2.45, 2.75) is 20.1 Å². The van der Waals surface area contributed by atoms with Crippen molar-refractivity contribution in [3.05, 3.63) is 69.7 Å². The van der Waals surface area contributed by atoms with E-state index in [0.29, 0.717) is 29.4 Å². The van der Waals surface area contributed by atoms with E-state index in [-0.39, 0.29) is 6.61 Å². The Balaban J connectivity index is 1.63. The minimum atomic E-state index is -0.442. The lowest BCUT2D eigenvalue weighted by Gasteiger charge is -2.12. The molecule has 2 aromatic carbocycles. The summed E-state index contributed by atoms with van der Waals surface area (Å²) in [6, 6.07) is 12.3. The molecule has 0 saturated carbocycles. The highest BCUT2D eigenvalue weighted by molar-refractivity contribution is 7.09. The minimum absolute atomic E-state index is 0.153. The van der Waals surface area contributed by atoms with E-state index >= 15 is 0 Å². The normalized spacial score (nSPS) is 10.4. The van der Waals surface area contributed by atoms with Crippen molar-refractivity contribution in [1.29, 1.82) is 0 Å².